The van der Waals surface area contributed by atoms with E-state index in [4.69, 9.17) is 4.74 Å². The number of carbonyl (C=O) groups excluding carboxylic acids is 2. The predicted octanol–water partition coefficient (Wildman–Crippen LogP) is 1.52. The van der Waals surface area contributed by atoms with E-state index in [1.807, 2.05) is 9.97 Å². The maximum Gasteiger partial charge on any atom is 0.348 e. The normalized spacial score (nSPS) is 10.9. The highest BCUT2D eigenvalue weighted by molar-refractivity contribution is 7.18. The van der Waals surface area contributed by atoms with Crippen LogP contribution in [-0.2, 0) is 9.47 Å². The van der Waals surface area contributed by atoms with Crippen LogP contribution in [0.5, 0.6) is 5.88 Å². The number of hydrogen-bond donors (Lipinski definition) is 3. The highest BCUT2D eigenvalue weighted by Crippen LogP contribution is 2.37. The molecule has 0 aliphatic heterocycles. The summed E-state index contributed by atoms with van der Waals surface area (Å²) in [6.07, 6.45) is 0. The van der Waals surface area contributed by atoms with Crippen LogP contribution in [0.1, 0.15) is 32.5 Å². The van der Waals surface area contributed by atoms with E-state index in [-0.39, 0.29) is 27.6 Å². The molecular weight excluding hydrogens is 368 g/mol. The van der Waals surface area contributed by atoms with Crippen LogP contribution in [0.2, 0.25) is 0 Å². The Labute approximate surface area is 149 Å². The van der Waals surface area contributed by atoms with Gasteiger partial charge in [-0.1, -0.05) is 0 Å². The molecule has 0 amide bonds. The van der Waals surface area contributed by atoms with Crippen LogP contribution >= 0.6 is 11.3 Å². The van der Waals surface area contributed by atoms with Gasteiger partial charge in [0.1, 0.15) is 10.4 Å². The molecule has 0 radical (unpaired) electrons. The van der Waals surface area contributed by atoms with E-state index in [1.165, 1.54) is 14.0 Å². The van der Waals surface area contributed by atoms with Gasteiger partial charge in [-0.25, -0.2) is 14.4 Å². The van der Waals surface area contributed by atoms with Crippen LogP contribution in [0.3, 0.4) is 0 Å². The van der Waals surface area contributed by atoms with E-state index >= 15 is 0 Å². The summed E-state index contributed by atoms with van der Waals surface area (Å²) in [6.45, 7) is 3.22. The van der Waals surface area contributed by atoms with Crippen molar-refractivity contribution in [2.45, 2.75) is 13.8 Å². The summed E-state index contributed by atoms with van der Waals surface area (Å²) in [4.78, 5) is 50.7. The van der Waals surface area contributed by atoms with Crippen molar-refractivity contribution < 1.29 is 24.2 Å². The lowest BCUT2D eigenvalue weighted by Crippen LogP contribution is -2.20. The second-order valence-electron chi connectivity index (χ2n) is 4.75. The molecule has 0 aliphatic carbocycles. The van der Waals surface area contributed by atoms with Gasteiger partial charge < -0.3 is 14.6 Å². The fourth-order valence-electron chi connectivity index (χ4n) is 1.96. The highest BCUT2D eigenvalue weighted by Gasteiger charge is 2.26. The van der Waals surface area contributed by atoms with Crippen molar-refractivity contribution in [3.05, 3.63) is 36.8 Å². The Balaban J connectivity index is 2.58. The highest BCUT2D eigenvalue weighted by atomic mass is 32.1. The number of methoxy groups -OCH3 is 1. The standard InChI is InChI=1S/C14H14N4O7S/c1-4-25-12(21)6-5(2)8(13(22)24-3)26-11(6)18-17-7-9(19)15-14(23)16-10(7)20/h4H2,1-3H3,(H3,15,16,19,20,23). The number of aromatic nitrogens is 2. The first-order chi connectivity index (χ1) is 12.3. The molecule has 0 unspecified atom stereocenters. The molecule has 138 valence electrons. The number of hydrogen-bond acceptors (Lipinski definition) is 10. The van der Waals surface area contributed by atoms with E-state index in [9.17, 15) is 24.3 Å². The molecule has 11 nitrogen and oxygen atoms in total. The molecule has 2 aromatic rings. The zero-order chi connectivity index (χ0) is 19.4. The third-order valence-electron chi connectivity index (χ3n) is 3.12. The summed E-state index contributed by atoms with van der Waals surface area (Å²) < 4.78 is 9.59. The van der Waals surface area contributed by atoms with Gasteiger partial charge in [0.2, 0.25) is 11.6 Å². The molecule has 0 saturated heterocycles. The number of aromatic hydroxyl groups is 1. The summed E-state index contributed by atoms with van der Waals surface area (Å²) in [5, 5.41) is 16.9. The first-order valence-corrected chi connectivity index (χ1v) is 7.97. The largest absolute Gasteiger partial charge is 0.493 e. The number of H-pyrrole nitrogens is 2. The van der Waals surface area contributed by atoms with Gasteiger partial charge in [-0.05, 0) is 19.4 Å². The van der Waals surface area contributed by atoms with Crippen molar-refractivity contribution in [3.63, 3.8) is 0 Å². The molecule has 0 bridgehead atoms. The Morgan fingerprint density at radius 2 is 1.88 bits per heavy atom. The minimum atomic E-state index is -0.978. The number of aromatic amines is 2. The Morgan fingerprint density at radius 3 is 2.46 bits per heavy atom. The number of carbonyl (C=O) groups is 2. The fraction of sp³-hybridized carbons (Fsp3) is 0.286. The molecule has 12 heteroatoms. The molecule has 3 N–H and O–H groups in total. The zero-order valence-electron chi connectivity index (χ0n) is 13.9. The molecule has 26 heavy (non-hydrogen) atoms. The predicted molar refractivity (Wildman–Crippen MR) is 89.9 cm³/mol. The minimum absolute atomic E-state index is 0.0126. The number of esters is 2. The van der Waals surface area contributed by atoms with Crippen LogP contribution in [0, 0.1) is 6.92 Å². The second-order valence-corrected chi connectivity index (χ2v) is 5.75. The molecule has 0 fully saturated rings. The van der Waals surface area contributed by atoms with Gasteiger partial charge in [0.15, 0.2) is 5.00 Å². The monoisotopic (exact) mass is 382 g/mol. The van der Waals surface area contributed by atoms with Crippen LogP contribution in [-0.4, -0.2) is 40.7 Å². The van der Waals surface area contributed by atoms with Crippen molar-refractivity contribution in [1.29, 1.82) is 0 Å². The van der Waals surface area contributed by atoms with E-state index in [1.54, 1.807) is 6.92 Å². The molecule has 2 aromatic heterocycles. The van der Waals surface area contributed by atoms with Crippen molar-refractivity contribution in [2.24, 2.45) is 10.2 Å². The van der Waals surface area contributed by atoms with Crippen molar-refractivity contribution in [3.8, 4) is 5.88 Å². The lowest BCUT2D eigenvalue weighted by molar-refractivity contribution is 0.0527. The lowest BCUT2D eigenvalue weighted by atomic mass is 10.1. The topological polar surface area (TPSA) is 163 Å². The number of nitrogens with one attached hydrogen (secondary N) is 2. The van der Waals surface area contributed by atoms with Crippen molar-refractivity contribution in [1.82, 2.24) is 9.97 Å². The molecule has 0 aromatic carbocycles. The Bertz CT molecular complexity index is 1000. The van der Waals surface area contributed by atoms with Gasteiger partial charge in [-0.15, -0.1) is 21.6 Å². The van der Waals surface area contributed by atoms with E-state index < -0.39 is 34.8 Å². The van der Waals surface area contributed by atoms with E-state index in [0.717, 1.165) is 11.3 Å². The van der Waals surface area contributed by atoms with Gasteiger partial charge in [0, 0.05) is 0 Å². The molecular formula is C14H14N4O7S. The lowest BCUT2D eigenvalue weighted by Gasteiger charge is -2.02. The van der Waals surface area contributed by atoms with Crippen LogP contribution in [0.25, 0.3) is 0 Å². The SMILES string of the molecule is CCOC(=O)c1c(N=Nc2c(O)[nH]c(=O)[nH]c2=O)sc(C(=O)OC)c1C. The van der Waals surface area contributed by atoms with Crippen LogP contribution in [0.15, 0.2) is 19.8 Å². The van der Waals surface area contributed by atoms with E-state index in [0.29, 0.717) is 0 Å². The molecule has 0 aliphatic rings. The quantitative estimate of drug-likeness (QED) is 0.521. The number of azo groups is 1. The Kier molecular flexibility index (Phi) is 5.67. The number of rotatable bonds is 5. The number of nitrogens with zero attached hydrogens (tertiary/aromatic N) is 2. The third-order valence-corrected chi connectivity index (χ3v) is 4.27. The van der Waals surface area contributed by atoms with Gasteiger partial charge in [-0.3, -0.25) is 14.8 Å². The average Bonchev–Trinajstić information content (AvgIpc) is 2.90. The number of ether oxygens (including phenoxy) is 2. The average molecular weight is 382 g/mol. The van der Waals surface area contributed by atoms with Gasteiger partial charge in [0.25, 0.3) is 5.56 Å². The van der Waals surface area contributed by atoms with Crippen molar-refractivity contribution in [2.75, 3.05) is 13.7 Å². The molecule has 0 atom stereocenters. The summed E-state index contributed by atoms with van der Waals surface area (Å²) in [5.74, 6) is -2.20. The zero-order valence-corrected chi connectivity index (χ0v) is 14.7. The Hall–Kier alpha value is -3.28. The van der Waals surface area contributed by atoms with Crippen LogP contribution < -0.4 is 11.2 Å². The van der Waals surface area contributed by atoms with Gasteiger partial charge in [-0.2, -0.15) is 0 Å². The van der Waals surface area contributed by atoms with Gasteiger partial charge >= 0.3 is 17.6 Å². The summed E-state index contributed by atoms with van der Waals surface area (Å²) >= 11 is 0.806. The summed E-state index contributed by atoms with van der Waals surface area (Å²) in [7, 11) is 1.19. The third kappa shape index (κ3) is 3.69. The first-order valence-electron chi connectivity index (χ1n) is 7.16. The Morgan fingerprint density at radius 1 is 1.19 bits per heavy atom. The second kappa shape index (κ2) is 7.74. The summed E-state index contributed by atoms with van der Waals surface area (Å²) in [5.41, 5.74) is -2.19. The smallest absolute Gasteiger partial charge is 0.348 e. The number of thiophene rings is 1. The van der Waals surface area contributed by atoms with Crippen molar-refractivity contribution >= 4 is 34.0 Å². The van der Waals surface area contributed by atoms with Crippen LogP contribution in [0.4, 0.5) is 10.7 Å². The minimum Gasteiger partial charge on any atom is -0.493 e. The first kappa shape index (κ1) is 19.1. The van der Waals surface area contributed by atoms with Gasteiger partial charge in [0.05, 0.1) is 13.7 Å². The molecule has 0 saturated carbocycles. The van der Waals surface area contributed by atoms with E-state index in [2.05, 4.69) is 15.0 Å². The summed E-state index contributed by atoms with van der Waals surface area (Å²) in [6, 6.07) is 0. The maximum atomic E-state index is 12.2. The maximum absolute atomic E-state index is 12.2. The molecule has 0 spiro atoms. The molecule has 2 rings (SSSR count). The molecule has 2 heterocycles. The fourth-order valence-corrected chi connectivity index (χ4v) is 2.99.